The fourth-order valence-electron chi connectivity index (χ4n) is 3.85. The third-order valence-corrected chi connectivity index (χ3v) is 5.83. The van der Waals surface area contributed by atoms with Gasteiger partial charge in [-0.3, -0.25) is 10.2 Å². The predicted octanol–water partition coefficient (Wildman–Crippen LogP) is 5.03. The molecule has 0 radical (unpaired) electrons. The molecular weight excluding hydrogens is 414 g/mol. The second-order valence-electron chi connectivity index (χ2n) is 7.58. The van der Waals surface area contributed by atoms with Crippen LogP contribution in [0.2, 0.25) is 5.02 Å². The molecule has 31 heavy (non-hydrogen) atoms. The number of urea groups is 1. The highest BCUT2D eigenvalue weighted by Gasteiger charge is 2.23. The Morgan fingerprint density at radius 3 is 2.55 bits per heavy atom. The zero-order chi connectivity index (χ0) is 21.6. The molecule has 0 aliphatic carbocycles. The van der Waals surface area contributed by atoms with Crippen molar-refractivity contribution in [1.82, 2.24) is 14.7 Å². The maximum Gasteiger partial charge on any atom is 0.324 e. The van der Waals surface area contributed by atoms with E-state index < -0.39 is 0 Å². The van der Waals surface area contributed by atoms with Crippen molar-refractivity contribution in [3.8, 4) is 5.75 Å². The van der Waals surface area contributed by atoms with E-state index in [9.17, 15) is 4.79 Å². The Hall–Kier alpha value is -3.03. The number of halogens is 1. The third-order valence-electron chi connectivity index (χ3n) is 5.50. The summed E-state index contributed by atoms with van der Waals surface area (Å²) in [5.41, 5.74) is 1.84. The summed E-state index contributed by atoms with van der Waals surface area (Å²) in [6.45, 7) is 2.87. The number of anilines is 2. The van der Waals surface area contributed by atoms with Crippen LogP contribution in [0.4, 0.5) is 16.3 Å². The number of nitrogens with one attached hydrogen (secondary N) is 2. The summed E-state index contributed by atoms with van der Waals surface area (Å²) >= 11 is 6.12. The number of rotatable bonds is 6. The number of nitrogens with zero attached hydrogens (tertiary/aromatic N) is 3. The summed E-state index contributed by atoms with van der Waals surface area (Å²) in [7, 11) is 1.68. The maximum atomic E-state index is 12.4. The van der Waals surface area contributed by atoms with Crippen LogP contribution in [0.25, 0.3) is 0 Å². The SMILES string of the molecule is COc1ccc(CN2CCC(n3nccc3NC(=O)Nc3ccccc3Cl)CC2)cc1. The Kier molecular flexibility index (Phi) is 6.74. The summed E-state index contributed by atoms with van der Waals surface area (Å²) in [6.07, 6.45) is 3.66. The van der Waals surface area contributed by atoms with Gasteiger partial charge in [-0.2, -0.15) is 5.10 Å². The molecule has 8 heteroatoms. The molecule has 1 saturated heterocycles. The number of likely N-dealkylation sites (tertiary alicyclic amines) is 1. The van der Waals surface area contributed by atoms with E-state index in [0.717, 1.165) is 38.2 Å². The predicted molar refractivity (Wildman–Crippen MR) is 123 cm³/mol. The van der Waals surface area contributed by atoms with E-state index in [1.165, 1.54) is 5.56 Å². The lowest BCUT2D eigenvalue weighted by atomic mass is 10.0. The van der Waals surface area contributed by atoms with E-state index in [4.69, 9.17) is 16.3 Å². The molecule has 2 N–H and O–H groups in total. The minimum absolute atomic E-state index is 0.248. The second-order valence-corrected chi connectivity index (χ2v) is 7.98. The van der Waals surface area contributed by atoms with Gasteiger partial charge in [-0.25, -0.2) is 9.48 Å². The number of aromatic nitrogens is 2. The quantitative estimate of drug-likeness (QED) is 0.565. The van der Waals surface area contributed by atoms with Crippen molar-refractivity contribution in [2.75, 3.05) is 30.8 Å². The van der Waals surface area contributed by atoms with Crippen LogP contribution in [0, 0.1) is 0 Å². The van der Waals surface area contributed by atoms with Gasteiger partial charge in [0.25, 0.3) is 0 Å². The fraction of sp³-hybridized carbons (Fsp3) is 0.304. The van der Waals surface area contributed by atoms with Crippen LogP contribution in [0.1, 0.15) is 24.4 Å². The van der Waals surface area contributed by atoms with E-state index in [0.29, 0.717) is 16.5 Å². The van der Waals surface area contributed by atoms with Gasteiger partial charge in [-0.1, -0.05) is 35.9 Å². The molecule has 1 aromatic heterocycles. The highest BCUT2D eigenvalue weighted by atomic mass is 35.5. The molecule has 0 unspecified atom stereocenters. The molecule has 4 rings (SSSR count). The molecule has 1 fully saturated rings. The monoisotopic (exact) mass is 439 g/mol. The highest BCUT2D eigenvalue weighted by Crippen LogP contribution is 2.27. The Morgan fingerprint density at radius 2 is 1.84 bits per heavy atom. The first-order chi connectivity index (χ1) is 15.1. The Labute approximate surface area is 187 Å². The Balaban J connectivity index is 1.32. The van der Waals surface area contributed by atoms with Crippen molar-refractivity contribution >= 4 is 29.1 Å². The molecule has 0 bridgehead atoms. The number of piperidine rings is 1. The van der Waals surface area contributed by atoms with Gasteiger partial charge in [-0.05, 0) is 42.7 Å². The first-order valence-corrected chi connectivity index (χ1v) is 10.7. The Morgan fingerprint density at radius 1 is 1.10 bits per heavy atom. The number of methoxy groups -OCH3 is 1. The van der Waals surface area contributed by atoms with Crippen LogP contribution >= 0.6 is 11.6 Å². The van der Waals surface area contributed by atoms with Crippen LogP contribution in [0.5, 0.6) is 5.75 Å². The van der Waals surface area contributed by atoms with Crippen molar-refractivity contribution in [3.63, 3.8) is 0 Å². The van der Waals surface area contributed by atoms with Crippen LogP contribution in [-0.2, 0) is 6.54 Å². The minimum atomic E-state index is -0.341. The average Bonchev–Trinajstić information content (AvgIpc) is 3.24. The van der Waals surface area contributed by atoms with Gasteiger partial charge in [0.2, 0.25) is 0 Å². The first-order valence-electron chi connectivity index (χ1n) is 10.3. The van der Waals surface area contributed by atoms with E-state index in [2.05, 4.69) is 32.8 Å². The maximum absolute atomic E-state index is 12.4. The molecule has 2 heterocycles. The number of carbonyl (C=O) groups excluding carboxylic acids is 1. The number of carbonyl (C=O) groups is 1. The van der Waals surface area contributed by atoms with E-state index in [1.54, 1.807) is 25.4 Å². The van der Waals surface area contributed by atoms with E-state index in [1.807, 2.05) is 35.0 Å². The highest BCUT2D eigenvalue weighted by molar-refractivity contribution is 6.33. The van der Waals surface area contributed by atoms with Crippen LogP contribution in [0.3, 0.4) is 0 Å². The lowest BCUT2D eigenvalue weighted by Crippen LogP contribution is -2.35. The first kappa shape index (κ1) is 21.2. The lowest BCUT2D eigenvalue weighted by molar-refractivity contribution is 0.174. The smallest absolute Gasteiger partial charge is 0.324 e. The number of hydrogen-bond acceptors (Lipinski definition) is 4. The van der Waals surface area contributed by atoms with Gasteiger partial charge in [-0.15, -0.1) is 0 Å². The molecule has 2 aromatic carbocycles. The minimum Gasteiger partial charge on any atom is -0.497 e. The summed E-state index contributed by atoms with van der Waals surface area (Å²) in [6, 6.07) is 17.1. The van der Waals surface area contributed by atoms with Crippen molar-refractivity contribution < 1.29 is 9.53 Å². The zero-order valence-corrected chi connectivity index (χ0v) is 18.2. The fourth-order valence-corrected chi connectivity index (χ4v) is 4.03. The topological polar surface area (TPSA) is 71.4 Å². The molecule has 3 aromatic rings. The van der Waals surface area contributed by atoms with Gasteiger partial charge in [0.1, 0.15) is 11.6 Å². The number of ether oxygens (including phenoxy) is 1. The van der Waals surface area contributed by atoms with Crippen molar-refractivity contribution in [3.05, 3.63) is 71.4 Å². The molecule has 1 aliphatic rings. The van der Waals surface area contributed by atoms with Gasteiger partial charge < -0.3 is 10.1 Å². The molecular formula is C23H26ClN5O2. The molecule has 162 valence electrons. The van der Waals surface area contributed by atoms with Gasteiger partial charge in [0.15, 0.2) is 0 Å². The molecule has 0 spiro atoms. The number of hydrogen-bond donors (Lipinski definition) is 2. The summed E-state index contributed by atoms with van der Waals surface area (Å²) in [5, 5.41) is 10.6. The van der Waals surface area contributed by atoms with Gasteiger partial charge in [0, 0.05) is 25.7 Å². The van der Waals surface area contributed by atoms with Crippen molar-refractivity contribution in [1.29, 1.82) is 0 Å². The second kappa shape index (κ2) is 9.85. The third kappa shape index (κ3) is 5.37. The van der Waals surface area contributed by atoms with Gasteiger partial charge >= 0.3 is 6.03 Å². The van der Waals surface area contributed by atoms with Crippen LogP contribution in [-0.4, -0.2) is 40.9 Å². The normalized spacial score (nSPS) is 14.9. The number of benzene rings is 2. The number of amides is 2. The van der Waals surface area contributed by atoms with Gasteiger partial charge in [0.05, 0.1) is 30.1 Å². The summed E-state index contributed by atoms with van der Waals surface area (Å²) in [4.78, 5) is 14.9. The van der Waals surface area contributed by atoms with Crippen LogP contribution < -0.4 is 15.4 Å². The van der Waals surface area contributed by atoms with Crippen LogP contribution in [0.15, 0.2) is 60.8 Å². The number of para-hydroxylation sites is 1. The lowest BCUT2D eigenvalue weighted by Gasteiger charge is -2.32. The van der Waals surface area contributed by atoms with E-state index >= 15 is 0 Å². The van der Waals surface area contributed by atoms with Crippen molar-refractivity contribution in [2.45, 2.75) is 25.4 Å². The molecule has 0 saturated carbocycles. The average molecular weight is 440 g/mol. The standard InChI is InChI=1S/C23H26ClN5O2/c1-31-19-8-6-17(7-9-19)16-28-14-11-18(12-15-28)29-22(10-13-25-29)27-23(30)26-21-5-3-2-4-20(21)24/h2-10,13,18H,11-12,14-16H2,1H3,(H2,26,27,30). The zero-order valence-electron chi connectivity index (χ0n) is 17.4. The molecule has 1 aliphatic heterocycles. The summed E-state index contributed by atoms with van der Waals surface area (Å²) < 4.78 is 7.14. The molecule has 7 nitrogen and oxygen atoms in total. The Bertz CT molecular complexity index is 1010. The summed E-state index contributed by atoms with van der Waals surface area (Å²) in [5.74, 6) is 1.55. The largest absolute Gasteiger partial charge is 0.497 e. The molecule has 0 atom stereocenters. The van der Waals surface area contributed by atoms with E-state index in [-0.39, 0.29) is 12.1 Å². The molecule has 2 amide bonds. The van der Waals surface area contributed by atoms with Crippen molar-refractivity contribution in [2.24, 2.45) is 0 Å².